The molecule has 0 bridgehead atoms. The van der Waals surface area contributed by atoms with Gasteiger partial charge in [-0.25, -0.2) is 17.9 Å². The summed E-state index contributed by atoms with van der Waals surface area (Å²) in [5, 5.41) is 12.4. The first-order valence-electron chi connectivity index (χ1n) is 8.45. The molecule has 2 aromatic rings. The van der Waals surface area contributed by atoms with Gasteiger partial charge in [-0.1, -0.05) is 37.3 Å². The zero-order valence-corrected chi connectivity index (χ0v) is 15.9. The fraction of sp³-hybridized carbons (Fsp3) is 0.316. The van der Waals surface area contributed by atoms with Gasteiger partial charge in [-0.2, -0.15) is 0 Å². The smallest absolute Gasteiger partial charge is 0.335 e. The second kappa shape index (κ2) is 8.33. The molecule has 6 nitrogen and oxygen atoms in total. The quantitative estimate of drug-likeness (QED) is 0.654. The highest BCUT2D eigenvalue weighted by Crippen LogP contribution is 2.26. The van der Waals surface area contributed by atoms with Gasteiger partial charge >= 0.3 is 5.97 Å². The summed E-state index contributed by atoms with van der Waals surface area (Å²) in [4.78, 5) is 11.2. The molecule has 2 rings (SSSR count). The van der Waals surface area contributed by atoms with Crippen LogP contribution >= 0.6 is 0 Å². The Morgan fingerprint density at radius 2 is 1.77 bits per heavy atom. The van der Waals surface area contributed by atoms with E-state index in [1.807, 2.05) is 44.2 Å². The maximum atomic E-state index is 12.9. The summed E-state index contributed by atoms with van der Waals surface area (Å²) in [6.07, 6.45) is 0.800. The number of carboxylic acid groups (broad SMARTS) is 1. The molecule has 26 heavy (non-hydrogen) atoms. The molecule has 0 aliphatic carbocycles. The number of nitrogens with one attached hydrogen (secondary N) is 2. The summed E-state index contributed by atoms with van der Waals surface area (Å²) in [6.45, 7) is 5.66. The zero-order valence-electron chi connectivity index (χ0n) is 15.1. The lowest BCUT2D eigenvalue weighted by molar-refractivity contribution is 0.0696. The Balaban J connectivity index is 2.41. The monoisotopic (exact) mass is 376 g/mol. The fourth-order valence-electron chi connectivity index (χ4n) is 2.47. The standard InChI is InChI=1S/C19H24N2O4S/c1-4-13(2)20-17-11-10-16(19(22)23)12-18(17)26(24,25)21-14(3)15-8-6-5-7-9-15/h5-14,20-21H,4H2,1-3H3,(H,22,23)/t13-,14-/m0/s1. The molecule has 7 heteroatoms. The number of aromatic carboxylic acids is 1. The Bertz CT molecular complexity index is 866. The van der Waals surface area contributed by atoms with Crippen LogP contribution in [-0.4, -0.2) is 25.5 Å². The fourth-order valence-corrected chi connectivity index (χ4v) is 3.90. The summed E-state index contributed by atoms with van der Waals surface area (Å²) in [7, 11) is -3.92. The van der Waals surface area contributed by atoms with Gasteiger partial charge in [0, 0.05) is 12.1 Å². The summed E-state index contributed by atoms with van der Waals surface area (Å²) < 4.78 is 28.5. The normalized spacial score (nSPS) is 13.8. The van der Waals surface area contributed by atoms with Gasteiger partial charge in [-0.05, 0) is 44.0 Å². The van der Waals surface area contributed by atoms with Crippen molar-refractivity contribution in [1.82, 2.24) is 4.72 Å². The molecule has 2 aromatic carbocycles. The Hall–Kier alpha value is -2.38. The average molecular weight is 376 g/mol. The molecular formula is C19H24N2O4S. The SMILES string of the molecule is CC[C@H](C)Nc1ccc(C(=O)O)cc1S(=O)(=O)N[C@@H](C)c1ccccc1. The Morgan fingerprint density at radius 1 is 1.12 bits per heavy atom. The van der Waals surface area contributed by atoms with Crippen molar-refractivity contribution in [1.29, 1.82) is 0 Å². The molecule has 0 aliphatic heterocycles. The van der Waals surface area contributed by atoms with E-state index in [0.29, 0.717) is 5.69 Å². The van der Waals surface area contributed by atoms with Crippen molar-refractivity contribution in [2.45, 2.75) is 44.2 Å². The van der Waals surface area contributed by atoms with Gasteiger partial charge in [0.05, 0.1) is 11.3 Å². The van der Waals surface area contributed by atoms with E-state index in [0.717, 1.165) is 12.0 Å². The number of hydrogen-bond acceptors (Lipinski definition) is 4. The van der Waals surface area contributed by atoms with E-state index in [1.165, 1.54) is 18.2 Å². The van der Waals surface area contributed by atoms with Crippen molar-refractivity contribution in [3.8, 4) is 0 Å². The highest BCUT2D eigenvalue weighted by Gasteiger charge is 2.24. The number of sulfonamides is 1. The van der Waals surface area contributed by atoms with E-state index < -0.39 is 22.0 Å². The maximum absolute atomic E-state index is 12.9. The largest absolute Gasteiger partial charge is 0.478 e. The van der Waals surface area contributed by atoms with Gasteiger partial charge in [0.15, 0.2) is 0 Å². The van der Waals surface area contributed by atoms with Gasteiger partial charge in [-0.15, -0.1) is 0 Å². The molecule has 2 atom stereocenters. The number of carbonyl (C=O) groups is 1. The van der Waals surface area contributed by atoms with Crippen LogP contribution in [0.4, 0.5) is 5.69 Å². The van der Waals surface area contributed by atoms with Crippen LogP contribution in [0, 0.1) is 0 Å². The predicted molar refractivity (Wildman–Crippen MR) is 102 cm³/mol. The van der Waals surface area contributed by atoms with Crippen LogP contribution < -0.4 is 10.0 Å². The van der Waals surface area contributed by atoms with E-state index >= 15 is 0 Å². The first kappa shape index (κ1) is 19.9. The maximum Gasteiger partial charge on any atom is 0.335 e. The number of hydrogen-bond donors (Lipinski definition) is 3. The molecule has 0 radical (unpaired) electrons. The van der Waals surface area contributed by atoms with Crippen LogP contribution in [-0.2, 0) is 10.0 Å². The highest BCUT2D eigenvalue weighted by molar-refractivity contribution is 7.89. The third-order valence-corrected chi connectivity index (χ3v) is 5.74. The Kier molecular flexibility index (Phi) is 6.39. The Morgan fingerprint density at radius 3 is 2.35 bits per heavy atom. The van der Waals surface area contributed by atoms with Crippen LogP contribution in [0.5, 0.6) is 0 Å². The Labute approximate surface area is 154 Å². The lowest BCUT2D eigenvalue weighted by Crippen LogP contribution is -2.28. The molecule has 0 aromatic heterocycles. The molecule has 0 saturated carbocycles. The van der Waals surface area contributed by atoms with Crippen molar-refractivity contribution in [2.75, 3.05) is 5.32 Å². The van der Waals surface area contributed by atoms with Gasteiger partial charge in [0.1, 0.15) is 4.90 Å². The van der Waals surface area contributed by atoms with Crippen molar-refractivity contribution in [3.63, 3.8) is 0 Å². The average Bonchev–Trinajstić information content (AvgIpc) is 2.61. The third kappa shape index (κ3) is 4.83. The number of rotatable bonds is 8. The van der Waals surface area contributed by atoms with Crippen molar-refractivity contribution in [2.24, 2.45) is 0 Å². The van der Waals surface area contributed by atoms with E-state index in [2.05, 4.69) is 10.0 Å². The summed E-state index contributed by atoms with van der Waals surface area (Å²) in [5.74, 6) is -1.17. The summed E-state index contributed by atoms with van der Waals surface area (Å²) >= 11 is 0. The van der Waals surface area contributed by atoms with Crippen LogP contribution in [0.15, 0.2) is 53.4 Å². The van der Waals surface area contributed by atoms with Crippen LogP contribution in [0.3, 0.4) is 0 Å². The first-order valence-corrected chi connectivity index (χ1v) is 9.94. The minimum absolute atomic E-state index is 0.0474. The van der Waals surface area contributed by atoms with Gasteiger partial charge in [-0.3, -0.25) is 0 Å². The number of carboxylic acids is 1. The summed E-state index contributed by atoms with van der Waals surface area (Å²) in [5.41, 5.74) is 1.13. The summed E-state index contributed by atoms with van der Waals surface area (Å²) in [6, 6.07) is 12.9. The van der Waals surface area contributed by atoms with E-state index in [9.17, 15) is 18.3 Å². The molecule has 3 N–H and O–H groups in total. The molecule has 0 fully saturated rings. The van der Waals surface area contributed by atoms with Crippen LogP contribution in [0.1, 0.15) is 49.2 Å². The zero-order chi connectivity index (χ0) is 19.3. The molecule has 0 unspecified atom stereocenters. The van der Waals surface area contributed by atoms with Gasteiger partial charge < -0.3 is 10.4 Å². The van der Waals surface area contributed by atoms with Gasteiger partial charge in [0.25, 0.3) is 0 Å². The lowest BCUT2D eigenvalue weighted by atomic mass is 10.1. The lowest BCUT2D eigenvalue weighted by Gasteiger charge is -2.20. The molecule has 0 amide bonds. The van der Waals surface area contributed by atoms with Crippen LogP contribution in [0.2, 0.25) is 0 Å². The second-order valence-corrected chi connectivity index (χ2v) is 7.91. The molecular weight excluding hydrogens is 352 g/mol. The first-order chi connectivity index (χ1) is 12.2. The molecule has 0 heterocycles. The molecule has 0 spiro atoms. The molecule has 140 valence electrons. The van der Waals surface area contributed by atoms with E-state index in [4.69, 9.17) is 0 Å². The van der Waals surface area contributed by atoms with E-state index in [-0.39, 0.29) is 16.5 Å². The topological polar surface area (TPSA) is 95.5 Å². The van der Waals surface area contributed by atoms with Gasteiger partial charge in [0.2, 0.25) is 10.0 Å². The van der Waals surface area contributed by atoms with Crippen molar-refractivity contribution < 1.29 is 18.3 Å². The molecule has 0 aliphatic rings. The predicted octanol–water partition coefficient (Wildman–Crippen LogP) is 3.63. The molecule has 0 saturated heterocycles. The number of anilines is 1. The van der Waals surface area contributed by atoms with Crippen molar-refractivity contribution >= 4 is 21.7 Å². The minimum atomic E-state index is -3.92. The second-order valence-electron chi connectivity index (χ2n) is 6.22. The van der Waals surface area contributed by atoms with E-state index in [1.54, 1.807) is 6.92 Å². The number of benzene rings is 2. The highest BCUT2D eigenvalue weighted by atomic mass is 32.2. The third-order valence-electron chi connectivity index (χ3n) is 4.16. The van der Waals surface area contributed by atoms with Crippen molar-refractivity contribution in [3.05, 3.63) is 59.7 Å². The van der Waals surface area contributed by atoms with Crippen LogP contribution in [0.25, 0.3) is 0 Å². The minimum Gasteiger partial charge on any atom is -0.478 e.